The second-order valence-electron chi connectivity index (χ2n) is 7.20. The Balaban J connectivity index is 1.80. The molecule has 32 heavy (non-hydrogen) atoms. The Morgan fingerprint density at radius 1 is 1.12 bits per heavy atom. The summed E-state index contributed by atoms with van der Waals surface area (Å²) in [6, 6.07) is 6.07. The lowest BCUT2D eigenvalue weighted by Crippen LogP contribution is -2.48. The van der Waals surface area contributed by atoms with E-state index in [4.69, 9.17) is 11.6 Å². The normalized spacial score (nSPS) is 14.7. The summed E-state index contributed by atoms with van der Waals surface area (Å²) in [7, 11) is 0. The molecule has 0 radical (unpaired) electrons. The summed E-state index contributed by atoms with van der Waals surface area (Å²) >= 11 is 6.31. The molecule has 1 aliphatic heterocycles. The molecule has 1 aliphatic rings. The van der Waals surface area contributed by atoms with E-state index in [2.05, 4.69) is 16.5 Å². The minimum Gasteiger partial charge on any atom is -0.352 e. The fourth-order valence-corrected chi connectivity index (χ4v) is 4.13. The van der Waals surface area contributed by atoms with Crippen molar-refractivity contribution in [1.29, 1.82) is 0 Å². The maximum Gasteiger partial charge on any atom is 0.417 e. The van der Waals surface area contributed by atoms with Gasteiger partial charge in [0.1, 0.15) is 17.7 Å². The van der Waals surface area contributed by atoms with Gasteiger partial charge < -0.3 is 9.80 Å². The molecule has 0 atom stereocenters. The summed E-state index contributed by atoms with van der Waals surface area (Å²) in [5.74, 6) is -0.732. The number of piperazine rings is 1. The summed E-state index contributed by atoms with van der Waals surface area (Å²) in [6.45, 7) is 5.18. The predicted octanol–water partition coefficient (Wildman–Crippen LogP) is 4.94. The first-order valence-corrected chi connectivity index (χ1v) is 10.1. The largest absolute Gasteiger partial charge is 0.417 e. The standard InChI is InChI=1S/C22H17ClF4N4O/c1-2-17(32)30-7-9-31(10-8-30)21-14-11-16(23)18(19(24)20(14)28-12-29-21)13-5-3-4-6-15(13)22(25,26)27/h2-6,11-12H,1,7-10H2. The molecule has 0 saturated carbocycles. The molecule has 1 amide bonds. The van der Waals surface area contributed by atoms with Crippen LogP contribution in [0.2, 0.25) is 5.02 Å². The number of alkyl halides is 3. The molecule has 3 aromatic rings. The van der Waals surface area contributed by atoms with E-state index in [1.807, 2.05) is 4.90 Å². The average Bonchev–Trinajstić information content (AvgIpc) is 2.78. The van der Waals surface area contributed by atoms with Gasteiger partial charge in [-0.2, -0.15) is 13.2 Å². The number of halogens is 5. The van der Waals surface area contributed by atoms with Gasteiger partial charge in [-0.05, 0) is 23.8 Å². The third kappa shape index (κ3) is 3.88. The molecular formula is C22H17ClF4N4O. The van der Waals surface area contributed by atoms with Gasteiger partial charge >= 0.3 is 6.18 Å². The molecule has 2 aromatic carbocycles. The first-order valence-electron chi connectivity index (χ1n) is 9.68. The molecule has 166 valence electrons. The van der Waals surface area contributed by atoms with E-state index in [0.29, 0.717) is 32.0 Å². The van der Waals surface area contributed by atoms with Gasteiger partial charge in [-0.3, -0.25) is 4.79 Å². The minimum atomic E-state index is -4.68. The van der Waals surface area contributed by atoms with Crippen LogP contribution in [0.1, 0.15) is 5.56 Å². The SMILES string of the molecule is C=CC(=O)N1CCN(c2ncnc3c(F)c(-c4ccccc4C(F)(F)F)c(Cl)cc23)CC1. The van der Waals surface area contributed by atoms with E-state index in [0.717, 1.165) is 12.4 Å². The highest BCUT2D eigenvalue weighted by atomic mass is 35.5. The molecule has 0 spiro atoms. The lowest BCUT2D eigenvalue weighted by atomic mass is 9.97. The zero-order valence-corrected chi connectivity index (χ0v) is 17.4. The van der Waals surface area contributed by atoms with Crippen LogP contribution in [-0.4, -0.2) is 47.0 Å². The van der Waals surface area contributed by atoms with E-state index in [1.165, 1.54) is 30.3 Å². The van der Waals surface area contributed by atoms with Crippen molar-refractivity contribution in [3.8, 4) is 11.1 Å². The first kappa shape index (κ1) is 22.0. The van der Waals surface area contributed by atoms with Gasteiger partial charge in [-0.1, -0.05) is 36.4 Å². The molecule has 4 rings (SSSR count). The molecule has 0 unspecified atom stereocenters. The highest BCUT2D eigenvalue weighted by Gasteiger charge is 2.35. The summed E-state index contributed by atoms with van der Waals surface area (Å²) in [4.78, 5) is 23.5. The summed E-state index contributed by atoms with van der Waals surface area (Å²) in [5, 5.41) is 0.106. The van der Waals surface area contributed by atoms with Crippen LogP contribution in [0.5, 0.6) is 0 Å². The Hall–Kier alpha value is -3.20. The number of hydrogen-bond donors (Lipinski definition) is 0. The number of anilines is 1. The maximum atomic E-state index is 15.5. The Labute approximate surface area is 185 Å². The zero-order valence-electron chi connectivity index (χ0n) is 16.7. The first-order chi connectivity index (χ1) is 15.2. The van der Waals surface area contributed by atoms with Crippen LogP contribution in [-0.2, 0) is 11.0 Å². The van der Waals surface area contributed by atoms with E-state index in [9.17, 15) is 18.0 Å². The lowest BCUT2D eigenvalue weighted by molar-refractivity contribution is -0.137. The van der Waals surface area contributed by atoms with Gasteiger partial charge in [0.15, 0.2) is 5.82 Å². The van der Waals surface area contributed by atoms with Crippen LogP contribution in [0.4, 0.5) is 23.4 Å². The summed E-state index contributed by atoms with van der Waals surface area (Å²) in [6.07, 6.45) is -2.28. The van der Waals surface area contributed by atoms with Crippen LogP contribution in [0, 0.1) is 5.82 Å². The number of rotatable bonds is 3. The molecule has 2 heterocycles. The second-order valence-corrected chi connectivity index (χ2v) is 7.61. The molecule has 5 nitrogen and oxygen atoms in total. The fraction of sp³-hybridized carbons (Fsp3) is 0.227. The molecule has 0 bridgehead atoms. The Morgan fingerprint density at radius 3 is 2.47 bits per heavy atom. The minimum absolute atomic E-state index is 0.129. The van der Waals surface area contributed by atoms with Crippen molar-refractivity contribution in [3.63, 3.8) is 0 Å². The van der Waals surface area contributed by atoms with Gasteiger partial charge in [0, 0.05) is 37.1 Å². The topological polar surface area (TPSA) is 49.3 Å². The molecule has 0 N–H and O–H groups in total. The Morgan fingerprint density at radius 2 is 1.81 bits per heavy atom. The van der Waals surface area contributed by atoms with Gasteiger partial charge in [-0.15, -0.1) is 0 Å². The molecular weight excluding hydrogens is 448 g/mol. The van der Waals surface area contributed by atoms with Crippen molar-refractivity contribution < 1.29 is 22.4 Å². The van der Waals surface area contributed by atoms with Crippen molar-refractivity contribution in [1.82, 2.24) is 14.9 Å². The van der Waals surface area contributed by atoms with Crippen molar-refractivity contribution in [2.45, 2.75) is 6.18 Å². The number of fused-ring (bicyclic) bond motifs is 1. The van der Waals surface area contributed by atoms with Crippen LogP contribution in [0.3, 0.4) is 0 Å². The van der Waals surface area contributed by atoms with Crippen LogP contribution in [0.25, 0.3) is 22.0 Å². The number of aromatic nitrogens is 2. The van der Waals surface area contributed by atoms with Crippen LogP contribution >= 0.6 is 11.6 Å². The molecule has 1 fully saturated rings. The van der Waals surface area contributed by atoms with Crippen molar-refractivity contribution >= 4 is 34.2 Å². The number of hydrogen-bond acceptors (Lipinski definition) is 4. The van der Waals surface area contributed by atoms with Crippen molar-refractivity contribution in [3.05, 3.63) is 65.7 Å². The van der Waals surface area contributed by atoms with Gasteiger partial charge in [0.2, 0.25) is 5.91 Å². The van der Waals surface area contributed by atoms with Gasteiger partial charge in [0.05, 0.1) is 10.6 Å². The highest BCUT2D eigenvalue weighted by molar-refractivity contribution is 6.34. The average molecular weight is 465 g/mol. The Kier molecular flexibility index (Phi) is 5.77. The third-order valence-electron chi connectivity index (χ3n) is 5.37. The predicted molar refractivity (Wildman–Crippen MR) is 114 cm³/mol. The quantitative estimate of drug-likeness (QED) is 0.407. The summed E-state index contributed by atoms with van der Waals surface area (Å²) in [5.41, 5.74) is -1.84. The molecule has 10 heteroatoms. The van der Waals surface area contributed by atoms with Crippen LogP contribution < -0.4 is 4.90 Å². The van der Waals surface area contributed by atoms with Gasteiger partial charge in [0.25, 0.3) is 0 Å². The van der Waals surface area contributed by atoms with Crippen molar-refractivity contribution in [2.24, 2.45) is 0 Å². The molecule has 1 saturated heterocycles. The number of benzene rings is 2. The van der Waals surface area contributed by atoms with Gasteiger partial charge in [-0.25, -0.2) is 14.4 Å². The second kappa shape index (κ2) is 8.38. The maximum absolute atomic E-state index is 15.5. The summed E-state index contributed by atoms with van der Waals surface area (Å²) < 4.78 is 56.0. The highest BCUT2D eigenvalue weighted by Crippen LogP contribution is 2.43. The van der Waals surface area contributed by atoms with Crippen LogP contribution in [0.15, 0.2) is 49.3 Å². The van der Waals surface area contributed by atoms with Crippen molar-refractivity contribution in [2.75, 3.05) is 31.1 Å². The number of carbonyl (C=O) groups is 1. The van der Waals surface area contributed by atoms with E-state index in [-0.39, 0.29) is 33.0 Å². The number of carbonyl (C=O) groups excluding carboxylic acids is 1. The Bertz CT molecular complexity index is 1210. The number of amides is 1. The smallest absolute Gasteiger partial charge is 0.352 e. The fourth-order valence-electron chi connectivity index (χ4n) is 3.83. The molecule has 0 aliphatic carbocycles. The number of nitrogens with zero attached hydrogens (tertiary/aromatic N) is 4. The third-order valence-corrected chi connectivity index (χ3v) is 5.67. The zero-order chi connectivity index (χ0) is 23.0. The monoisotopic (exact) mass is 464 g/mol. The molecule has 1 aromatic heterocycles. The van der Waals surface area contributed by atoms with E-state index < -0.39 is 17.6 Å². The lowest BCUT2D eigenvalue weighted by Gasteiger charge is -2.35. The van der Waals surface area contributed by atoms with E-state index in [1.54, 1.807) is 4.90 Å². The van der Waals surface area contributed by atoms with E-state index >= 15 is 4.39 Å².